The van der Waals surface area contributed by atoms with Crippen molar-refractivity contribution in [2.75, 3.05) is 19.1 Å². The van der Waals surface area contributed by atoms with Gasteiger partial charge in [0, 0.05) is 5.56 Å². The number of fused-ring (bicyclic) bond motifs is 1. The van der Waals surface area contributed by atoms with Crippen LogP contribution in [0.1, 0.15) is 33.1 Å². The number of aliphatic hydroxyl groups excluding tert-OH is 1. The van der Waals surface area contributed by atoms with Crippen molar-refractivity contribution in [2.24, 2.45) is 0 Å². The number of amides is 1. The van der Waals surface area contributed by atoms with E-state index in [0.717, 1.165) is 10.3 Å². The number of thiazole rings is 1. The molecule has 1 aliphatic heterocycles. The number of benzene rings is 3. The number of hydrogen-bond donors (Lipinski definition) is 1. The highest BCUT2D eigenvalue weighted by Crippen LogP contribution is 2.44. The number of aliphatic hydroxyl groups is 1. The molecule has 0 aliphatic carbocycles. The zero-order valence-electron chi connectivity index (χ0n) is 20.2. The Hall–Kier alpha value is -4.50. The number of hydrogen-bond acceptors (Lipinski definition) is 8. The lowest BCUT2D eigenvalue weighted by molar-refractivity contribution is -0.132. The van der Waals surface area contributed by atoms with Gasteiger partial charge in [-0.15, -0.1) is 0 Å². The van der Waals surface area contributed by atoms with Crippen molar-refractivity contribution in [2.45, 2.75) is 13.0 Å². The molecule has 1 atom stereocenters. The Balaban J connectivity index is 1.69. The molecule has 1 aliphatic rings. The molecule has 2 heterocycles. The summed E-state index contributed by atoms with van der Waals surface area (Å²) in [5.41, 5.74) is 2.86. The summed E-state index contributed by atoms with van der Waals surface area (Å²) in [5, 5.41) is 11.6. The van der Waals surface area contributed by atoms with Crippen LogP contribution in [-0.2, 0) is 14.3 Å². The third kappa shape index (κ3) is 4.23. The summed E-state index contributed by atoms with van der Waals surface area (Å²) in [7, 11) is 2.81. The van der Waals surface area contributed by atoms with Crippen molar-refractivity contribution in [3.8, 4) is 5.75 Å². The number of aromatic nitrogens is 1. The maximum absolute atomic E-state index is 13.4. The first kappa shape index (κ1) is 24.2. The molecule has 3 aromatic carbocycles. The van der Waals surface area contributed by atoms with E-state index < -0.39 is 23.7 Å². The summed E-state index contributed by atoms with van der Waals surface area (Å²) >= 11 is 1.29. The van der Waals surface area contributed by atoms with Gasteiger partial charge >= 0.3 is 11.9 Å². The average Bonchev–Trinajstić information content (AvgIpc) is 3.45. The number of ketones is 1. The summed E-state index contributed by atoms with van der Waals surface area (Å²) in [6.07, 6.45) is 0. The molecule has 0 bridgehead atoms. The molecule has 9 heteroatoms. The number of carbonyl (C=O) groups is 3. The summed E-state index contributed by atoms with van der Waals surface area (Å²) in [4.78, 5) is 44.7. The van der Waals surface area contributed by atoms with Crippen LogP contribution in [0.15, 0.2) is 72.3 Å². The van der Waals surface area contributed by atoms with Crippen LogP contribution < -0.4 is 9.64 Å². The zero-order valence-corrected chi connectivity index (χ0v) is 21.0. The van der Waals surface area contributed by atoms with Crippen LogP contribution in [0.5, 0.6) is 5.75 Å². The largest absolute Gasteiger partial charge is 0.507 e. The summed E-state index contributed by atoms with van der Waals surface area (Å²) in [5.74, 6) is -1.88. The first-order chi connectivity index (χ1) is 17.8. The fourth-order valence-corrected chi connectivity index (χ4v) is 5.38. The van der Waals surface area contributed by atoms with Crippen LogP contribution in [0.2, 0.25) is 0 Å². The summed E-state index contributed by atoms with van der Waals surface area (Å²) in [6, 6.07) is 17.7. The molecular weight excluding hydrogens is 492 g/mol. The molecule has 37 heavy (non-hydrogen) atoms. The Morgan fingerprint density at radius 2 is 1.65 bits per heavy atom. The number of rotatable bonds is 5. The third-order valence-corrected chi connectivity index (χ3v) is 7.21. The highest BCUT2D eigenvalue weighted by Gasteiger charge is 2.48. The van der Waals surface area contributed by atoms with Crippen LogP contribution in [0, 0.1) is 6.92 Å². The summed E-state index contributed by atoms with van der Waals surface area (Å²) in [6.45, 7) is 1.96. The van der Waals surface area contributed by atoms with E-state index in [-0.39, 0.29) is 11.3 Å². The minimum absolute atomic E-state index is 0.0728. The van der Waals surface area contributed by atoms with Gasteiger partial charge in [-0.25, -0.2) is 9.78 Å². The molecule has 1 amide bonds. The maximum atomic E-state index is 13.4. The van der Waals surface area contributed by atoms with E-state index in [2.05, 4.69) is 4.98 Å². The number of methoxy groups -OCH3 is 2. The molecule has 8 nitrogen and oxygen atoms in total. The summed E-state index contributed by atoms with van der Waals surface area (Å²) < 4.78 is 10.8. The lowest BCUT2D eigenvalue weighted by atomic mass is 9.94. The standard InChI is InChI=1S/C28H22N2O6S/c1-15-4-13-20-21(14-15)37-28(29-20)30-23(16-5-7-18(8-6-16)27(34)36-3)22(25(32)26(30)33)24(31)17-9-11-19(35-2)12-10-17/h4-14,23,31H,1-3H3. The molecule has 186 valence electrons. The SMILES string of the molecule is COC(=O)c1ccc(C2C(=C(O)c3ccc(OC)cc3)C(=O)C(=O)N2c2nc3ccc(C)cc3s2)cc1. The normalized spacial score (nSPS) is 16.8. The number of carbonyl (C=O) groups excluding carboxylic acids is 3. The van der Waals surface area contributed by atoms with E-state index in [9.17, 15) is 19.5 Å². The lowest BCUT2D eigenvalue weighted by Crippen LogP contribution is -2.29. The van der Waals surface area contributed by atoms with Gasteiger partial charge in [-0.05, 0) is 66.6 Å². The highest BCUT2D eigenvalue weighted by molar-refractivity contribution is 7.22. The second-order valence-corrected chi connectivity index (χ2v) is 9.49. The maximum Gasteiger partial charge on any atom is 0.337 e. The van der Waals surface area contributed by atoms with Crippen LogP contribution in [0.4, 0.5) is 5.13 Å². The number of Topliss-reactive ketones (excluding diaryl/α,β-unsaturated/α-hetero) is 1. The number of aryl methyl sites for hydroxylation is 1. The highest BCUT2D eigenvalue weighted by atomic mass is 32.1. The van der Waals surface area contributed by atoms with E-state index in [4.69, 9.17) is 9.47 Å². The minimum Gasteiger partial charge on any atom is -0.507 e. The smallest absolute Gasteiger partial charge is 0.337 e. The van der Waals surface area contributed by atoms with Crippen LogP contribution in [0.25, 0.3) is 16.0 Å². The van der Waals surface area contributed by atoms with Crippen molar-refractivity contribution in [1.82, 2.24) is 4.98 Å². The van der Waals surface area contributed by atoms with Crippen LogP contribution in [-0.4, -0.2) is 42.0 Å². The fourth-order valence-electron chi connectivity index (χ4n) is 4.29. The van der Waals surface area contributed by atoms with E-state index in [1.165, 1.54) is 30.5 Å². The molecule has 5 rings (SSSR count). The van der Waals surface area contributed by atoms with Gasteiger partial charge in [0.05, 0.1) is 41.6 Å². The number of esters is 1. The Labute approximate surface area is 216 Å². The Kier molecular flexibility index (Phi) is 6.22. The number of anilines is 1. The Morgan fingerprint density at radius 3 is 2.30 bits per heavy atom. The van der Waals surface area contributed by atoms with Crippen LogP contribution >= 0.6 is 11.3 Å². The fraction of sp³-hybridized carbons (Fsp3) is 0.143. The molecule has 1 aromatic heterocycles. The van der Waals surface area contributed by atoms with Crippen molar-refractivity contribution < 1.29 is 29.0 Å². The second kappa shape index (κ2) is 9.51. The molecule has 0 spiro atoms. The number of nitrogens with zero attached hydrogens (tertiary/aromatic N) is 2. The monoisotopic (exact) mass is 514 g/mol. The topological polar surface area (TPSA) is 106 Å². The number of ether oxygens (including phenoxy) is 2. The van der Waals surface area contributed by atoms with Gasteiger partial charge in [0.1, 0.15) is 11.5 Å². The molecule has 1 unspecified atom stereocenters. The molecule has 0 saturated carbocycles. The van der Waals surface area contributed by atoms with Crippen LogP contribution in [0.3, 0.4) is 0 Å². The Morgan fingerprint density at radius 1 is 0.973 bits per heavy atom. The molecule has 1 fully saturated rings. The lowest BCUT2D eigenvalue weighted by Gasteiger charge is -2.23. The Bertz CT molecular complexity index is 1570. The predicted octanol–water partition coefficient (Wildman–Crippen LogP) is 5.03. The van der Waals surface area contributed by atoms with E-state index in [0.29, 0.717) is 33.1 Å². The average molecular weight is 515 g/mol. The van der Waals surface area contributed by atoms with Crippen molar-refractivity contribution >= 4 is 50.1 Å². The van der Waals surface area contributed by atoms with Gasteiger partial charge in [-0.1, -0.05) is 29.5 Å². The molecular formula is C28H22N2O6S. The first-order valence-corrected chi connectivity index (χ1v) is 12.1. The van der Waals surface area contributed by atoms with Crippen molar-refractivity contribution in [3.05, 3.63) is 94.6 Å². The third-order valence-electron chi connectivity index (χ3n) is 6.19. The van der Waals surface area contributed by atoms with Gasteiger partial charge in [-0.3, -0.25) is 14.5 Å². The molecule has 1 N–H and O–H groups in total. The van der Waals surface area contributed by atoms with E-state index >= 15 is 0 Å². The quantitative estimate of drug-likeness (QED) is 0.172. The van der Waals surface area contributed by atoms with Gasteiger partial charge in [0.2, 0.25) is 0 Å². The van der Waals surface area contributed by atoms with Gasteiger partial charge in [-0.2, -0.15) is 0 Å². The molecule has 4 aromatic rings. The van der Waals surface area contributed by atoms with Crippen molar-refractivity contribution in [3.63, 3.8) is 0 Å². The zero-order chi connectivity index (χ0) is 26.3. The molecule has 0 radical (unpaired) electrons. The van der Waals surface area contributed by atoms with Crippen molar-refractivity contribution in [1.29, 1.82) is 0 Å². The second-order valence-electron chi connectivity index (χ2n) is 8.48. The predicted molar refractivity (Wildman–Crippen MR) is 140 cm³/mol. The van der Waals surface area contributed by atoms with E-state index in [1.807, 2.05) is 25.1 Å². The van der Waals surface area contributed by atoms with E-state index in [1.54, 1.807) is 48.5 Å². The van der Waals surface area contributed by atoms with Gasteiger partial charge in [0.25, 0.3) is 5.78 Å². The first-order valence-electron chi connectivity index (χ1n) is 11.3. The van der Waals surface area contributed by atoms with Gasteiger partial charge in [0.15, 0.2) is 5.13 Å². The molecule has 1 saturated heterocycles. The van der Waals surface area contributed by atoms with Gasteiger partial charge < -0.3 is 14.6 Å². The minimum atomic E-state index is -0.963.